The first kappa shape index (κ1) is 22.1. The molecule has 0 aliphatic heterocycles. The fraction of sp³-hybridized carbons (Fsp3) is 0.100. The Morgan fingerprint density at radius 1 is 1.16 bits per heavy atom. The average Bonchev–Trinajstić information content (AvgIpc) is 3.38. The molecule has 1 aromatic carbocycles. The van der Waals surface area contributed by atoms with Crippen LogP contribution in [0.5, 0.6) is 0 Å². The third kappa shape index (κ3) is 7.01. The van der Waals surface area contributed by atoms with Gasteiger partial charge in [0.1, 0.15) is 28.0 Å². The van der Waals surface area contributed by atoms with Crippen LogP contribution in [-0.2, 0) is 26.1 Å². The van der Waals surface area contributed by atoms with Gasteiger partial charge in [-0.2, -0.15) is 5.10 Å². The summed E-state index contributed by atoms with van der Waals surface area (Å²) in [5, 5.41) is 14.2. The highest BCUT2D eigenvalue weighted by Crippen LogP contribution is 2.16. The number of hydrogen-bond acceptors (Lipinski definition) is 8. The summed E-state index contributed by atoms with van der Waals surface area (Å²) in [6.45, 7) is 0. The van der Waals surface area contributed by atoms with E-state index in [0.717, 1.165) is 17.4 Å². The van der Waals surface area contributed by atoms with Gasteiger partial charge in [-0.1, -0.05) is 24.3 Å². The minimum absolute atomic E-state index is 0.0690. The van der Waals surface area contributed by atoms with Crippen molar-refractivity contribution in [2.45, 2.75) is 11.5 Å². The van der Waals surface area contributed by atoms with Crippen LogP contribution in [0.15, 0.2) is 63.6 Å². The summed E-state index contributed by atoms with van der Waals surface area (Å²) in [5.74, 6) is -1.79. The summed E-state index contributed by atoms with van der Waals surface area (Å²) < 4.78 is 29.5. The number of aromatic nitrogens is 1. The Kier molecular flexibility index (Phi) is 7.11. The molecule has 3 aromatic rings. The third-order valence-electron chi connectivity index (χ3n) is 3.80. The molecule has 0 bridgehead atoms. The molecular formula is C20H17N3O6S2. The number of sulfone groups is 1. The van der Waals surface area contributed by atoms with E-state index in [0.29, 0.717) is 21.9 Å². The van der Waals surface area contributed by atoms with Crippen LogP contribution < -0.4 is 5.43 Å². The van der Waals surface area contributed by atoms with Crippen molar-refractivity contribution in [1.29, 1.82) is 0 Å². The van der Waals surface area contributed by atoms with Crippen LogP contribution in [0.3, 0.4) is 0 Å². The second kappa shape index (κ2) is 9.96. The van der Waals surface area contributed by atoms with Gasteiger partial charge in [-0.3, -0.25) is 4.79 Å². The lowest BCUT2D eigenvalue weighted by Gasteiger charge is -1.99. The molecule has 2 aromatic heterocycles. The number of carbonyl (C=O) groups is 2. The maximum Gasteiger partial charge on any atom is 0.328 e. The summed E-state index contributed by atoms with van der Waals surface area (Å²) >= 11 is 1.07. The molecule has 11 heteroatoms. The van der Waals surface area contributed by atoms with E-state index in [9.17, 15) is 18.0 Å². The van der Waals surface area contributed by atoms with Gasteiger partial charge in [-0.25, -0.2) is 23.6 Å². The maximum atomic E-state index is 12.2. The minimum atomic E-state index is -3.48. The SMILES string of the molecule is O=C(O)C=Cc1ccc(C=NNC(=O)c2csc(CS(=O)(=O)Cc3ccco3)n2)cc1. The number of nitrogens with one attached hydrogen (secondary N) is 1. The topological polar surface area (TPSA) is 139 Å². The predicted molar refractivity (Wildman–Crippen MR) is 115 cm³/mol. The molecule has 2 N–H and O–H groups in total. The summed E-state index contributed by atoms with van der Waals surface area (Å²) in [7, 11) is -3.48. The number of carboxylic acids is 1. The van der Waals surface area contributed by atoms with Gasteiger partial charge in [0.15, 0.2) is 9.84 Å². The standard InChI is InChI=1S/C20H17N3O6S2/c24-19(25)8-7-14-3-5-15(6-4-14)10-21-23-20(26)17-11-30-18(22-17)13-31(27,28)12-16-2-1-9-29-16/h1-11H,12-13H2,(H,23,26)(H,24,25). The van der Waals surface area contributed by atoms with E-state index < -0.39 is 21.7 Å². The number of hydrazone groups is 1. The highest BCUT2D eigenvalue weighted by Gasteiger charge is 2.18. The van der Waals surface area contributed by atoms with E-state index in [1.165, 1.54) is 23.9 Å². The van der Waals surface area contributed by atoms with Crippen LogP contribution in [0.2, 0.25) is 0 Å². The van der Waals surface area contributed by atoms with Crippen molar-refractivity contribution >= 4 is 45.3 Å². The van der Waals surface area contributed by atoms with Gasteiger partial charge < -0.3 is 9.52 Å². The molecule has 1 amide bonds. The van der Waals surface area contributed by atoms with Crippen molar-refractivity contribution in [2.75, 3.05) is 0 Å². The molecule has 0 saturated carbocycles. The molecule has 0 spiro atoms. The molecule has 0 aliphatic carbocycles. The fourth-order valence-electron chi connectivity index (χ4n) is 2.42. The number of hydrogen-bond donors (Lipinski definition) is 2. The molecule has 0 aliphatic rings. The van der Waals surface area contributed by atoms with Crippen molar-refractivity contribution in [3.05, 3.63) is 81.7 Å². The quantitative estimate of drug-likeness (QED) is 0.285. The first-order chi connectivity index (χ1) is 14.8. The molecule has 0 fully saturated rings. The van der Waals surface area contributed by atoms with Crippen LogP contribution in [0.25, 0.3) is 6.08 Å². The second-order valence-electron chi connectivity index (χ2n) is 6.28. The molecule has 160 valence electrons. The number of aliphatic carboxylic acids is 1. The van der Waals surface area contributed by atoms with Crippen LogP contribution >= 0.6 is 11.3 Å². The van der Waals surface area contributed by atoms with Gasteiger partial charge in [0.2, 0.25) is 0 Å². The highest BCUT2D eigenvalue weighted by molar-refractivity contribution is 7.89. The minimum Gasteiger partial charge on any atom is -0.478 e. The summed E-state index contributed by atoms with van der Waals surface area (Å²) in [6, 6.07) is 10.0. The molecule has 0 saturated heterocycles. The largest absolute Gasteiger partial charge is 0.478 e. The van der Waals surface area contributed by atoms with Crippen LogP contribution in [0.4, 0.5) is 0 Å². The maximum absolute atomic E-state index is 12.2. The van der Waals surface area contributed by atoms with E-state index >= 15 is 0 Å². The van der Waals surface area contributed by atoms with Crippen molar-refractivity contribution in [3.8, 4) is 0 Å². The third-order valence-corrected chi connectivity index (χ3v) is 6.27. The molecule has 31 heavy (non-hydrogen) atoms. The van der Waals surface area contributed by atoms with E-state index in [4.69, 9.17) is 9.52 Å². The van der Waals surface area contributed by atoms with Gasteiger partial charge in [0.25, 0.3) is 5.91 Å². The van der Waals surface area contributed by atoms with Gasteiger partial charge in [-0.15, -0.1) is 11.3 Å². The number of rotatable bonds is 9. The lowest BCUT2D eigenvalue weighted by atomic mass is 10.1. The van der Waals surface area contributed by atoms with Crippen molar-refractivity contribution in [2.24, 2.45) is 5.10 Å². The van der Waals surface area contributed by atoms with Crippen molar-refractivity contribution in [3.63, 3.8) is 0 Å². The van der Waals surface area contributed by atoms with Gasteiger partial charge >= 0.3 is 5.97 Å². The zero-order valence-corrected chi connectivity index (χ0v) is 17.6. The highest BCUT2D eigenvalue weighted by atomic mass is 32.2. The molecule has 2 heterocycles. The van der Waals surface area contributed by atoms with Crippen LogP contribution in [0.1, 0.15) is 32.4 Å². The zero-order chi connectivity index (χ0) is 22.3. The monoisotopic (exact) mass is 459 g/mol. The van der Waals surface area contributed by atoms with Gasteiger partial charge in [0.05, 0.1) is 12.5 Å². The van der Waals surface area contributed by atoms with Crippen molar-refractivity contribution < 1.29 is 27.5 Å². The number of carboxylic acid groups (broad SMARTS) is 1. The van der Waals surface area contributed by atoms with Crippen LogP contribution in [-0.4, -0.2) is 36.6 Å². The Morgan fingerprint density at radius 3 is 2.58 bits per heavy atom. The smallest absolute Gasteiger partial charge is 0.328 e. The number of amides is 1. The number of benzene rings is 1. The van der Waals surface area contributed by atoms with E-state index in [2.05, 4.69) is 15.5 Å². The number of furan rings is 1. The Labute approximate surface area is 181 Å². The lowest BCUT2D eigenvalue weighted by Crippen LogP contribution is -2.18. The first-order valence-electron chi connectivity index (χ1n) is 8.82. The Hall–Kier alpha value is -3.57. The Bertz CT molecular complexity index is 1210. The molecular weight excluding hydrogens is 442 g/mol. The molecule has 0 radical (unpaired) electrons. The Morgan fingerprint density at radius 2 is 1.90 bits per heavy atom. The second-order valence-corrected chi connectivity index (χ2v) is 9.28. The molecule has 0 unspecified atom stereocenters. The number of thiazole rings is 1. The average molecular weight is 460 g/mol. The molecule has 9 nitrogen and oxygen atoms in total. The van der Waals surface area contributed by atoms with Gasteiger partial charge in [-0.05, 0) is 29.3 Å². The number of nitrogens with zero attached hydrogens (tertiary/aromatic N) is 2. The van der Waals surface area contributed by atoms with Crippen molar-refractivity contribution in [1.82, 2.24) is 10.4 Å². The van der Waals surface area contributed by atoms with E-state index in [1.54, 1.807) is 36.4 Å². The van der Waals surface area contributed by atoms with E-state index in [1.807, 2.05) is 0 Å². The fourth-order valence-corrected chi connectivity index (χ4v) is 4.93. The molecule has 3 rings (SSSR count). The number of carbonyl (C=O) groups excluding carboxylic acids is 1. The van der Waals surface area contributed by atoms with Crippen LogP contribution in [0, 0.1) is 0 Å². The summed E-state index contributed by atoms with van der Waals surface area (Å²) in [4.78, 5) is 26.7. The van der Waals surface area contributed by atoms with E-state index in [-0.39, 0.29) is 17.2 Å². The van der Waals surface area contributed by atoms with Gasteiger partial charge in [0, 0.05) is 11.5 Å². The Balaban J connectivity index is 1.54. The summed E-state index contributed by atoms with van der Waals surface area (Å²) in [6.07, 6.45) is 5.32. The normalized spacial score (nSPS) is 11.9. The predicted octanol–water partition coefficient (Wildman–Crippen LogP) is 2.71. The first-order valence-corrected chi connectivity index (χ1v) is 11.5. The zero-order valence-electron chi connectivity index (χ0n) is 16.0. The molecule has 0 atom stereocenters. The lowest BCUT2D eigenvalue weighted by molar-refractivity contribution is -0.131. The summed E-state index contributed by atoms with van der Waals surface area (Å²) in [5.41, 5.74) is 3.80.